The second-order valence-electron chi connectivity index (χ2n) is 5.81. The van der Waals surface area contributed by atoms with E-state index in [-0.39, 0.29) is 5.91 Å². The number of aromatic nitrogens is 1. The molecule has 0 atom stereocenters. The van der Waals surface area contributed by atoms with Gasteiger partial charge in [0.05, 0.1) is 18.3 Å². The van der Waals surface area contributed by atoms with E-state index in [9.17, 15) is 4.79 Å². The van der Waals surface area contributed by atoms with E-state index in [1.54, 1.807) is 6.20 Å². The highest BCUT2D eigenvalue weighted by molar-refractivity contribution is 9.10. The molecule has 1 aromatic carbocycles. The number of rotatable bonds is 4. The van der Waals surface area contributed by atoms with Crippen LogP contribution in [0.25, 0.3) is 0 Å². The summed E-state index contributed by atoms with van der Waals surface area (Å²) in [5.74, 6) is 0.963. The van der Waals surface area contributed by atoms with Gasteiger partial charge in [-0.1, -0.05) is 28.1 Å². The molecule has 4 nitrogen and oxygen atoms in total. The molecule has 0 saturated carbocycles. The van der Waals surface area contributed by atoms with E-state index in [4.69, 9.17) is 0 Å². The van der Waals surface area contributed by atoms with Gasteiger partial charge in [0, 0.05) is 17.6 Å². The molecule has 1 aliphatic rings. The van der Waals surface area contributed by atoms with Gasteiger partial charge in [0.25, 0.3) is 0 Å². The molecule has 2 aromatic rings. The molecule has 1 saturated heterocycles. The SMILES string of the molecule is O=C(Cc1cccc(Br)c1)Nc1ccc(N2CCCCC2)nc1. The Kier molecular flexibility index (Phi) is 5.28. The first-order valence-electron chi connectivity index (χ1n) is 7.96. The fourth-order valence-electron chi connectivity index (χ4n) is 2.81. The Balaban J connectivity index is 1.58. The lowest BCUT2D eigenvalue weighted by Gasteiger charge is -2.27. The predicted molar refractivity (Wildman–Crippen MR) is 96.8 cm³/mol. The molecule has 0 spiro atoms. The third-order valence-corrected chi connectivity index (χ3v) is 4.46. The van der Waals surface area contributed by atoms with Crippen molar-refractivity contribution in [2.24, 2.45) is 0 Å². The molecule has 0 radical (unpaired) electrons. The molecular formula is C18H20BrN3O. The van der Waals surface area contributed by atoms with Crippen molar-refractivity contribution >= 4 is 33.3 Å². The van der Waals surface area contributed by atoms with Gasteiger partial charge in [0.1, 0.15) is 5.82 Å². The number of nitrogens with zero attached hydrogens (tertiary/aromatic N) is 2. The van der Waals surface area contributed by atoms with Crippen LogP contribution >= 0.6 is 15.9 Å². The maximum atomic E-state index is 12.1. The Labute approximate surface area is 145 Å². The first-order chi connectivity index (χ1) is 11.2. The number of piperidine rings is 1. The molecule has 1 amide bonds. The van der Waals surface area contributed by atoms with Gasteiger partial charge in [0.2, 0.25) is 5.91 Å². The number of carbonyl (C=O) groups is 1. The summed E-state index contributed by atoms with van der Waals surface area (Å²) in [7, 11) is 0. The third kappa shape index (κ3) is 4.55. The molecule has 1 N–H and O–H groups in total. The van der Waals surface area contributed by atoms with E-state index in [1.807, 2.05) is 36.4 Å². The normalized spacial score (nSPS) is 14.6. The Hall–Kier alpha value is -1.88. The van der Waals surface area contributed by atoms with Crippen LogP contribution in [0.2, 0.25) is 0 Å². The van der Waals surface area contributed by atoms with Crippen molar-refractivity contribution in [3.05, 3.63) is 52.6 Å². The Morgan fingerprint density at radius 2 is 2.00 bits per heavy atom. The quantitative estimate of drug-likeness (QED) is 0.880. The summed E-state index contributed by atoms with van der Waals surface area (Å²) in [6, 6.07) is 11.7. The Morgan fingerprint density at radius 1 is 1.17 bits per heavy atom. The standard InChI is InChI=1S/C18H20BrN3O/c19-15-6-4-5-14(11-15)12-18(23)21-16-7-8-17(20-13-16)22-9-2-1-3-10-22/h4-8,11,13H,1-3,9-10,12H2,(H,21,23). The lowest BCUT2D eigenvalue weighted by Crippen LogP contribution is -2.30. The first-order valence-corrected chi connectivity index (χ1v) is 8.75. The average Bonchev–Trinajstić information content (AvgIpc) is 2.56. The zero-order valence-electron chi connectivity index (χ0n) is 13.0. The number of hydrogen-bond acceptors (Lipinski definition) is 3. The largest absolute Gasteiger partial charge is 0.357 e. The van der Waals surface area contributed by atoms with Crippen molar-refractivity contribution in [2.45, 2.75) is 25.7 Å². The minimum Gasteiger partial charge on any atom is -0.357 e. The molecule has 23 heavy (non-hydrogen) atoms. The summed E-state index contributed by atoms with van der Waals surface area (Å²) >= 11 is 3.42. The van der Waals surface area contributed by atoms with E-state index in [1.165, 1.54) is 19.3 Å². The van der Waals surface area contributed by atoms with E-state index in [2.05, 4.69) is 31.1 Å². The molecule has 3 rings (SSSR count). The van der Waals surface area contributed by atoms with Crippen LogP contribution in [0.5, 0.6) is 0 Å². The number of nitrogens with one attached hydrogen (secondary N) is 1. The first kappa shape index (κ1) is 16.0. The Morgan fingerprint density at radius 3 is 2.70 bits per heavy atom. The summed E-state index contributed by atoms with van der Waals surface area (Å²) in [5, 5.41) is 2.90. The van der Waals surface area contributed by atoms with Crippen molar-refractivity contribution in [3.8, 4) is 0 Å². The predicted octanol–water partition coefficient (Wildman–Crippen LogP) is 4.02. The summed E-state index contributed by atoms with van der Waals surface area (Å²) in [5.41, 5.74) is 1.72. The highest BCUT2D eigenvalue weighted by Gasteiger charge is 2.12. The van der Waals surface area contributed by atoms with E-state index in [0.29, 0.717) is 6.42 Å². The molecule has 120 valence electrons. The summed E-state index contributed by atoms with van der Waals surface area (Å²) in [6.07, 6.45) is 5.86. The van der Waals surface area contributed by atoms with Crippen molar-refractivity contribution in [3.63, 3.8) is 0 Å². The van der Waals surface area contributed by atoms with E-state index < -0.39 is 0 Å². The average molecular weight is 374 g/mol. The Bertz CT molecular complexity index is 666. The van der Waals surface area contributed by atoms with Gasteiger partial charge < -0.3 is 10.2 Å². The smallest absolute Gasteiger partial charge is 0.228 e. The monoisotopic (exact) mass is 373 g/mol. The van der Waals surface area contributed by atoms with E-state index >= 15 is 0 Å². The van der Waals surface area contributed by atoms with Crippen LogP contribution < -0.4 is 10.2 Å². The lowest BCUT2D eigenvalue weighted by atomic mass is 10.1. The molecule has 1 fully saturated rings. The van der Waals surface area contributed by atoms with Crippen LogP contribution in [0.1, 0.15) is 24.8 Å². The fourth-order valence-corrected chi connectivity index (χ4v) is 3.25. The zero-order valence-corrected chi connectivity index (χ0v) is 14.6. The molecule has 2 heterocycles. The molecule has 0 aliphatic carbocycles. The minimum absolute atomic E-state index is 0.0318. The second kappa shape index (κ2) is 7.59. The van der Waals surface area contributed by atoms with Crippen molar-refractivity contribution in [1.29, 1.82) is 0 Å². The number of benzene rings is 1. The van der Waals surface area contributed by atoms with E-state index in [0.717, 1.165) is 34.6 Å². The van der Waals surface area contributed by atoms with Gasteiger partial charge in [-0.05, 0) is 49.1 Å². The lowest BCUT2D eigenvalue weighted by molar-refractivity contribution is -0.115. The molecule has 5 heteroatoms. The molecular weight excluding hydrogens is 354 g/mol. The van der Waals surface area contributed by atoms with Crippen LogP contribution in [0.15, 0.2) is 47.1 Å². The topological polar surface area (TPSA) is 45.2 Å². The summed E-state index contributed by atoms with van der Waals surface area (Å²) < 4.78 is 0.982. The van der Waals surface area contributed by atoms with Gasteiger partial charge >= 0.3 is 0 Å². The van der Waals surface area contributed by atoms with Crippen molar-refractivity contribution in [2.75, 3.05) is 23.3 Å². The number of carbonyl (C=O) groups excluding carboxylic acids is 1. The summed E-state index contributed by atoms with van der Waals surface area (Å²) in [6.45, 7) is 2.14. The molecule has 1 aliphatic heterocycles. The maximum Gasteiger partial charge on any atom is 0.228 e. The van der Waals surface area contributed by atoms with Crippen molar-refractivity contribution in [1.82, 2.24) is 4.98 Å². The fraction of sp³-hybridized carbons (Fsp3) is 0.333. The van der Waals surface area contributed by atoms with Crippen LogP contribution in [0.3, 0.4) is 0 Å². The molecule has 0 bridgehead atoms. The molecule has 1 aromatic heterocycles. The van der Waals surface area contributed by atoms with Gasteiger partial charge in [0.15, 0.2) is 0 Å². The minimum atomic E-state index is -0.0318. The number of amides is 1. The highest BCUT2D eigenvalue weighted by atomic mass is 79.9. The third-order valence-electron chi connectivity index (χ3n) is 3.97. The van der Waals surface area contributed by atoms with Gasteiger partial charge in [-0.15, -0.1) is 0 Å². The van der Waals surface area contributed by atoms with Crippen LogP contribution in [-0.2, 0) is 11.2 Å². The number of hydrogen-bond donors (Lipinski definition) is 1. The number of anilines is 2. The van der Waals surface area contributed by atoms with Crippen LogP contribution in [0, 0.1) is 0 Å². The van der Waals surface area contributed by atoms with Crippen LogP contribution in [-0.4, -0.2) is 24.0 Å². The number of pyridine rings is 1. The highest BCUT2D eigenvalue weighted by Crippen LogP contribution is 2.19. The molecule has 0 unspecified atom stereocenters. The maximum absolute atomic E-state index is 12.1. The van der Waals surface area contributed by atoms with Crippen LogP contribution in [0.4, 0.5) is 11.5 Å². The zero-order chi connectivity index (χ0) is 16.1. The van der Waals surface area contributed by atoms with Gasteiger partial charge in [-0.25, -0.2) is 4.98 Å². The second-order valence-corrected chi connectivity index (χ2v) is 6.72. The van der Waals surface area contributed by atoms with Crippen molar-refractivity contribution < 1.29 is 4.79 Å². The van der Waals surface area contributed by atoms with Gasteiger partial charge in [-0.3, -0.25) is 4.79 Å². The number of halogens is 1. The summed E-state index contributed by atoms with van der Waals surface area (Å²) in [4.78, 5) is 18.9. The van der Waals surface area contributed by atoms with Gasteiger partial charge in [-0.2, -0.15) is 0 Å².